The summed E-state index contributed by atoms with van der Waals surface area (Å²) in [5.41, 5.74) is 1.19. The predicted octanol–water partition coefficient (Wildman–Crippen LogP) is 4.24. The number of methoxy groups -OCH3 is 1. The first-order chi connectivity index (χ1) is 14.0. The van der Waals surface area contributed by atoms with Gasteiger partial charge in [0.1, 0.15) is 5.56 Å². The quantitative estimate of drug-likeness (QED) is 0.553. The second kappa shape index (κ2) is 9.27. The Labute approximate surface area is 169 Å². The second-order valence-corrected chi connectivity index (χ2v) is 6.76. The summed E-state index contributed by atoms with van der Waals surface area (Å²) in [6.07, 6.45) is 3.53. The molecule has 2 aromatic carbocycles. The molecule has 0 radical (unpaired) electrons. The average Bonchev–Trinajstić information content (AvgIpc) is 2.74. The monoisotopic (exact) mass is 399 g/mol. The van der Waals surface area contributed by atoms with Gasteiger partial charge in [0.15, 0.2) is 11.5 Å². The van der Waals surface area contributed by atoms with E-state index >= 15 is 0 Å². The Morgan fingerprint density at radius 2 is 1.93 bits per heavy atom. The number of nitrogens with zero attached hydrogens (tertiary/aromatic N) is 2. The summed E-state index contributed by atoms with van der Waals surface area (Å²) in [5, 5.41) is 14.3. The molecule has 3 rings (SSSR count). The minimum absolute atomic E-state index is 0.0809. The molecule has 1 saturated heterocycles. The first kappa shape index (κ1) is 20.4. The van der Waals surface area contributed by atoms with Crippen molar-refractivity contribution in [3.05, 3.63) is 52.1 Å². The van der Waals surface area contributed by atoms with Crippen LogP contribution in [0.25, 0.3) is 0 Å². The molecule has 1 amide bonds. The summed E-state index contributed by atoms with van der Waals surface area (Å²) in [4.78, 5) is 26.0. The molecule has 0 bridgehead atoms. The van der Waals surface area contributed by atoms with Crippen molar-refractivity contribution in [2.45, 2.75) is 26.2 Å². The van der Waals surface area contributed by atoms with Gasteiger partial charge in [-0.1, -0.05) is 6.07 Å². The van der Waals surface area contributed by atoms with E-state index in [1.807, 2.05) is 18.2 Å². The number of anilines is 2. The Morgan fingerprint density at radius 3 is 2.59 bits per heavy atom. The van der Waals surface area contributed by atoms with Gasteiger partial charge in [-0.15, -0.1) is 0 Å². The molecular weight excluding hydrogens is 374 g/mol. The topological polar surface area (TPSA) is 93.9 Å². The number of nitro groups is 1. The van der Waals surface area contributed by atoms with Crippen LogP contribution < -0.4 is 19.7 Å². The lowest BCUT2D eigenvalue weighted by atomic mass is 10.1. The highest BCUT2D eigenvalue weighted by molar-refractivity contribution is 6.07. The van der Waals surface area contributed by atoms with Gasteiger partial charge in [0.2, 0.25) is 0 Å². The Morgan fingerprint density at radius 1 is 1.17 bits per heavy atom. The zero-order valence-corrected chi connectivity index (χ0v) is 16.6. The molecule has 1 aliphatic heterocycles. The summed E-state index contributed by atoms with van der Waals surface area (Å²) in [5.74, 6) is -0.0777. The minimum Gasteiger partial charge on any atom is -0.493 e. The SMILES string of the molecule is CCOc1cc(C(=O)Nc2cccc(N3CCCCC3)c2)c([N+](=O)[O-])cc1OC. The highest BCUT2D eigenvalue weighted by Crippen LogP contribution is 2.35. The van der Waals surface area contributed by atoms with Crippen LogP contribution in [0.1, 0.15) is 36.5 Å². The fourth-order valence-corrected chi connectivity index (χ4v) is 3.44. The molecule has 8 heteroatoms. The van der Waals surface area contributed by atoms with Gasteiger partial charge in [0, 0.05) is 30.5 Å². The number of benzene rings is 2. The minimum atomic E-state index is -0.600. The average molecular weight is 399 g/mol. The lowest BCUT2D eigenvalue weighted by molar-refractivity contribution is -0.385. The van der Waals surface area contributed by atoms with E-state index in [0.717, 1.165) is 31.6 Å². The van der Waals surface area contributed by atoms with Crippen molar-refractivity contribution in [2.75, 3.05) is 37.0 Å². The van der Waals surface area contributed by atoms with Gasteiger partial charge in [0.25, 0.3) is 11.6 Å². The molecule has 2 aromatic rings. The van der Waals surface area contributed by atoms with Crippen molar-refractivity contribution in [1.82, 2.24) is 0 Å². The van der Waals surface area contributed by atoms with Gasteiger partial charge in [-0.05, 0) is 44.4 Å². The number of hydrogen-bond donors (Lipinski definition) is 1. The maximum absolute atomic E-state index is 12.9. The maximum Gasteiger partial charge on any atom is 0.286 e. The summed E-state index contributed by atoms with van der Waals surface area (Å²) in [7, 11) is 1.40. The van der Waals surface area contributed by atoms with Crippen LogP contribution in [0.5, 0.6) is 11.5 Å². The van der Waals surface area contributed by atoms with Gasteiger partial charge >= 0.3 is 0 Å². The van der Waals surface area contributed by atoms with Crippen LogP contribution in [0, 0.1) is 10.1 Å². The van der Waals surface area contributed by atoms with Crippen molar-refractivity contribution >= 4 is 23.0 Å². The van der Waals surface area contributed by atoms with Crippen LogP contribution in [0.15, 0.2) is 36.4 Å². The molecule has 0 aliphatic carbocycles. The molecule has 1 heterocycles. The Kier molecular flexibility index (Phi) is 6.54. The number of ether oxygens (including phenoxy) is 2. The Hall–Kier alpha value is -3.29. The standard InChI is InChI=1S/C21H25N3O5/c1-3-29-20-13-17(18(24(26)27)14-19(20)28-2)21(25)22-15-8-7-9-16(12-15)23-10-5-4-6-11-23/h7-9,12-14H,3-6,10-11H2,1-2H3,(H,22,25). The third-order valence-electron chi connectivity index (χ3n) is 4.85. The number of rotatable bonds is 7. The van der Waals surface area contributed by atoms with E-state index in [1.165, 1.54) is 25.7 Å². The van der Waals surface area contributed by atoms with Gasteiger partial charge < -0.3 is 19.7 Å². The van der Waals surface area contributed by atoms with E-state index < -0.39 is 10.8 Å². The van der Waals surface area contributed by atoms with Crippen LogP contribution in [-0.4, -0.2) is 37.6 Å². The molecule has 29 heavy (non-hydrogen) atoms. The molecule has 0 unspecified atom stereocenters. The van der Waals surface area contributed by atoms with Gasteiger partial charge in [-0.2, -0.15) is 0 Å². The zero-order valence-electron chi connectivity index (χ0n) is 16.6. The van der Waals surface area contributed by atoms with Crippen LogP contribution in [0.4, 0.5) is 17.1 Å². The van der Waals surface area contributed by atoms with E-state index in [1.54, 1.807) is 13.0 Å². The largest absolute Gasteiger partial charge is 0.493 e. The van der Waals surface area contributed by atoms with Crippen molar-refractivity contribution in [1.29, 1.82) is 0 Å². The number of nitrogens with one attached hydrogen (secondary N) is 1. The van der Waals surface area contributed by atoms with Crippen LogP contribution in [0.2, 0.25) is 0 Å². The fourth-order valence-electron chi connectivity index (χ4n) is 3.44. The van der Waals surface area contributed by atoms with E-state index in [2.05, 4.69) is 10.2 Å². The lowest BCUT2D eigenvalue weighted by Crippen LogP contribution is -2.29. The van der Waals surface area contributed by atoms with Crippen molar-refractivity contribution < 1.29 is 19.2 Å². The summed E-state index contributed by atoms with van der Waals surface area (Å²) in [6.45, 7) is 4.10. The third-order valence-corrected chi connectivity index (χ3v) is 4.85. The van der Waals surface area contributed by atoms with Gasteiger partial charge in [-0.25, -0.2) is 0 Å². The van der Waals surface area contributed by atoms with Crippen molar-refractivity contribution in [2.24, 2.45) is 0 Å². The summed E-state index contributed by atoms with van der Waals surface area (Å²) >= 11 is 0. The third kappa shape index (κ3) is 4.77. The number of hydrogen-bond acceptors (Lipinski definition) is 6. The number of piperidine rings is 1. The van der Waals surface area contributed by atoms with Gasteiger partial charge in [0.05, 0.1) is 24.7 Å². The predicted molar refractivity (Wildman–Crippen MR) is 111 cm³/mol. The maximum atomic E-state index is 12.9. The molecule has 154 valence electrons. The van der Waals surface area contributed by atoms with E-state index in [-0.39, 0.29) is 22.7 Å². The van der Waals surface area contributed by atoms with Crippen LogP contribution >= 0.6 is 0 Å². The molecule has 1 fully saturated rings. The molecule has 0 atom stereocenters. The number of carbonyl (C=O) groups is 1. The Balaban J connectivity index is 1.88. The highest BCUT2D eigenvalue weighted by Gasteiger charge is 2.25. The van der Waals surface area contributed by atoms with Gasteiger partial charge in [-0.3, -0.25) is 14.9 Å². The first-order valence-electron chi connectivity index (χ1n) is 9.69. The van der Waals surface area contributed by atoms with Crippen molar-refractivity contribution in [3.63, 3.8) is 0 Å². The van der Waals surface area contributed by atoms with E-state index in [4.69, 9.17) is 9.47 Å². The molecule has 1 aliphatic rings. The molecule has 0 saturated carbocycles. The number of nitro benzene ring substituents is 1. The molecule has 0 aromatic heterocycles. The number of carbonyl (C=O) groups excluding carboxylic acids is 1. The smallest absolute Gasteiger partial charge is 0.286 e. The first-order valence-corrected chi connectivity index (χ1v) is 9.69. The fraction of sp³-hybridized carbons (Fsp3) is 0.381. The summed E-state index contributed by atoms with van der Waals surface area (Å²) < 4.78 is 10.6. The van der Waals surface area contributed by atoms with Crippen LogP contribution in [-0.2, 0) is 0 Å². The van der Waals surface area contributed by atoms with E-state index in [0.29, 0.717) is 12.3 Å². The molecule has 0 spiro atoms. The normalized spacial score (nSPS) is 13.7. The molecule has 8 nitrogen and oxygen atoms in total. The molecular formula is C21H25N3O5. The van der Waals surface area contributed by atoms with Crippen LogP contribution in [0.3, 0.4) is 0 Å². The summed E-state index contributed by atoms with van der Waals surface area (Å²) in [6, 6.07) is 10.1. The highest BCUT2D eigenvalue weighted by atomic mass is 16.6. The second-order valence-electron chi connectivity index (χ2n) is 6.76. The Bertz CT molecular complexity index is 894. The van der Waals surface area contributed by atoms with E-state index in [9.17, 15) is 14.9 Å². The van der Waals surface area contributed by atoms with Crippen molar-refractivity contribution in [3.8, 4) is 11.5 Å². The number of amides is 1. The molecule has 1 N–H and O–H groups in total. The zero-order chi connectivity index (χ0) is 20.8. The lowest BCUT2D eigenvalue weighted by Gasteiger charge is -2.29.